The standard InChI is InChI=1S/C10H21N3O3/c1-8(9(14)15)12-10(16)11-6-4-5-7-13(2)3/h8H,4-7H2,1-3H3,(H,14,15)(H2,11,12,16)/t8-/m1/s1. The molecule has 3 N–H and O–H groups in total. The van der Waals surface area contributed by atoms with Gasteiger partial charge in [0.05, 0.1) is 0 Å². The van der Waals surface area contributed by atoms with Gasteiger partial charge in [-0.3, -0.25) is 4.79 Å². The summed E-state index contributed by atoms with van der Waals surface area (Å²) in [4.78, 5) is 23.7. The lowest BCUT2D eigenvalue weighted by molar-refractivity contribution is -0.138. The molecule has 0 unspecified atom stereocenters. The molecule has 0 aromatic rings. The van der Waals surface area contributed by atoms with E-state index in [1.165, 1.54) is 6.92 Å². The van der Waals surface area contributed by atoms with E-state index in [-0.39, 0.29) is 0 Å². The predicted molar refractivity (Wildman–Crippen MR) is 61.4 cm³/mol. The average molecular weight is 231 g/mol. The Morgan fingerprint density at radius 3 is 2.44 bits per heavy atom. The van der Waals surface area contributed by atoms with Gasteiger partial charge in [-0.2, -0.15) is 0 Å². The third kappa shape index (κ3) is 8.05. The first-order chi connectivity index (χ1) is 7.43. The number of amides is 2. The predicted octanol–water partition coefficient (Wildman–Crippen LogP) is 0.101. The molecule has 6 heteroatoms. The molecule has 0 saturated carbocycles. The van der Waals surface area contributed by atoms with Gasteiger partial charge in [0.2, 0.25) is 0 Å². The summed E-state index contributed by atoms with van der Waals surface area (Å²) in [6, 6.07) is -1.29. The molecule has 6 nitrogen and oxygen atoms in total. The number of hydrogen-bond acceptors (Lipinski definition) is 3. The molecule has 0 aliphatic carbocycles. The molecule has 0 heterocycles. The first-order valence-corrected chi connectivity index (χ1v) is 5.35. The number of carboxylic acids is 1. The maximum Gasteiger partial charge on any atom is 0.325 e. The molecular weight excluding hydrogens is 210 g/mol. The maximum atomic E-state index is 11.2. The quantitative estimate of drug-likeness (QED) is 0.543. The van der Waals surface area contributed by atoms with E-state index in [2.05, 4.69) is 15.5 Å². The molecule has 0 aromatic heterocycles. The molecule has 1 atom stereocenters. The van der Waals surface area contributed by atoms with Gasteiger partial charge >= 0.3 is 12.0 Å². The number of hydrogen-bond donors (Lipinski definition) is 3. The van der Waals surface area contributed by atoms with Crippen LogP contribution in [0.4, 0.5) is 4.79 Å². The Morgan fingerprint density at radius 1 is 1.31 bits per heavy atom. The van der Waals surface area contributed by atoms with Crippen molar-refractivity contribution in [3.05, 3.63) is 0 Å². The highest BCUT2D eigenvalue weighted by Gasteiger charge is 2.12. The van der Waals surface area contributed by atoms with Crippen LogP contribution in [0.5, 0.6) is 0 Å². The summed E-state index contributed by atoms with van der Waals surface area (Å²) in [5.74, 6) is -1.04. The number of carbonyl (C=O) groups is 2. The third-order valence-electron chi connectivity index (χ3n) is 2.04. The Labute approximate surface area is 96.0 Å². The van der Waals surface area contributed by atoms with Crippen molar-refractivity contribution in [2.75, 3.05) is 27.2 Å². The summed E-state index contributed by atoms with van der Waals surface area (Å²) in [7, 11) is 3.99. The summed E-state index contributed by atoms with van der Waals surface area (Å²) in [6.07, 6.45) is 1.88. The Balaban J connectivity index is 3.48. The van der Waals surface area contributed by atoms with Crippen molar-refractivity contribution < 1.29 is 14.7 Å². The number of aliphatic carboxylic acids is 1. The first kappa shape index (κ1) is 14.7. The highest BCUT2D eigenvalue weighted by Crippen LogP contribution is 1.89. The SMILES string of the molecule is C[C@@H](NC(=O)NCCCCN(C)C)C(=O)O. The van der Waals surface area contributed by atoms with Crippen molar-refractivity contribution in [3.8, 4) is 0 Å². The van der Waals surface area contributed by atoms with Crippen LogP contribution in [-0.2, 0) is 4.79 Å². The van der Waals surface area contributed by atoms with Crippen LogP contribution in [-0.4, -0.2) is 55.2 Å². The van der Waals surface area contributed by atoms with E-state index in [1.54, 1.807) is 0 Å². The fourth-order valence-electron chi connectivity index (χ4n) is 1.06. The zero-order valence-electron chi connectivity index (χ0n) is 10.1. The Bertz CT molecular complexity index is 231. The molecule has 0 bridgehead atoms. The van der Waals surface area contributed by atoms with Crippen LogP contribution < -0.4 is 10.6 Å². The number of rotatable bonds is 7. The molecule has 94 valence electrons. The van der Waals surface area contributed by atoms with E-state index >= 15 is 0 Å². The molecule has 0 aliphatic rings. The Kier molecular flexibility index (Phi) is 7.28. The number of carbonyl (C=O) groups excluding carboxylic acids is 1. The summed E-state index contributed by atoms with van der Waals surface area (Å²) >= 11 is 0. The lowest BCUT2D eigenvalue weighted by atomic mass is 10.3. The summed E-state index contributed by atoms with van der Waals surface area (Å²) in [5.41, 5.74) is 0. The Hall–Kier alpha value is -1.30. The molecule has 0 rings (SSSR count). The highest BCUT2D eigenvalue weighted by atomic mass is 16.4. The second kappa shape index (κ2) is 7.92. The van der Waals surface area contributed by atoms with Crippen LogP contribution in [0.25, 0.3) is 0 Å². The van der Waals surface area contributed by atoms with E-state index in [0.717, 1.165) is 19.4 Å². The normalized spacial score (nSPS) is 12.2. The van der Waals surface area contributed by atoms with E-state index in [9.17, 15) is 9.59 Å². The molecule has 0 radical (unpaired) electrons. The van der Waals surface area contributed by atoms with Crippen molar-refractivity contribution in [1.82, 2.24) is 15.5 Å². The third-order valence-corrected chi connectivity index (χ3v) is 2.04. The average Bonchev–Trinajstić information content (AvgIpc) is 2.16. The van der Waals surface area contributed by atoms with Gasteiger partial charge in [0.1, 0.15) is 6.04 Å². The number of urea groups is 1. The van der Waals surface area contributed by atoms with Crippen molar-refractivity contribution in [2.24, 2.45) is 0 Å². The largest absolute Gasteiger partial charge is 0.480 e. The molecule has 16 heavy (non-hydrogen) atoms. The van der Waals surface area contributed by atoms with E-state index in [4.69, 9.17) is 5.11 Å². The molecular formula is C10H21N3O3. The fourth-order valence-corrected chi connectivity index (χ4v) is 1.06. The van der Waals surface area contributed by atoms with E-state index in [0.29, 0.717) is 6.54 Å². The maximum absolute atomic E-state index is 11.2. The number of nitrogens with one attached hydrogen (secondary N) is 2. The summed E-state index contributed by atoms with van der Waals surface area (Å²) in [6.45, 7) is 2.97. The van der Waals surface area contributed by atoms with Gasteiger partial charge in [-0.1, -0.05) is 0 Å². The molecule has 2 amide bonds. The first-order valence-electron chi connectivity index (χ1n) is 5.35. The fraction of sp³-hybridized carbons (Fsp3) is 0.800. The smallest absolute Gasteiger partial charge is 0.325 e. The zero-order chi connectivity index (χ0) is 12.6. The minimum Gasteiger partial charge on any atom is -0.480 e. The van der Waals surface area contributed by atoms with Crippen LogP contribution in [0.3, 0.4) is 0 Å². The van der Waals surface area contributed by atoms with Gasteiger partial charge in [-0.15, -0.1) is 0 Å². The second-order valence-electron chi connectivity index (χ2n) is 3.97. The second-order valence-corrected chi connectivity index (χ2v) is 3.97. The molecule has 0 aromatic carbocycles. The van der Waals surface area contributed by atoms with Gasteiger partial charge in [0.25, 0.3) is 0 Å². The lowest BCUT2D eigenvalue weighted by Crippen LogP contribution is -2.44. The van der Waals surface area contributed by atoms with Gasteiger partial charge in [-0.05, 0) is 40.4 Å². The van der Waals surface area contributed by atoms with E-state index in [1.807, 2.05) is 14.1 Å². The molecule has 0 saturated heterocycles. The Morgan fingerprint density at radius 2 is 1.94 bits per heavy atom. The summed E-state index contributed by atoms with van der Waals surface area (Å²) < 4.78 is 0. The van der Waals surface area contributed by atoms with Crippen LogP contribution >= 0.6 is 0 Å². The number of carboxylic acid groups (broad SMARTS) is 1. The highest BCUT2D eigenvalue weighted by molar-refractivity contribution is 5.82. The van der Waals surface area contributed by atoms with Crippen molar-refractivity contribution in [2.45, 2.75) is 25.8 Å². The van der Waals surface area contributed by atoms with Gasteiger partial charge in [0.15, 0.2) is 0 Å². The van der Waals surface area contributed by atoms with Crippen molar-refractivity contribution in [1.29, 1.82) is 0 Å². The minimum atomic E-state index is -1.04. The van der Waals surface area contributed by atoms with Gasteiger partial charge in [0, 0.05) is 6.54 Å². The molecule has 0 aliphatic heterocycles. The van der Waals surface area contributed by atoms with Crippen LogP contribution in [0.1, 0.15) is 19.8 Å². The molecule has 0 fully saturated rings. The monoisotopic (exact) mass is 231 g/mol. The minimum absolute atomic E-state index is 0.431. The van der Waals surface area contributed by atoms with Crippen LogP contribution in [0.15, 0.2) is 0 Å². The van der Waals surface area contributed by atoms with Crippen molar-refractivity contribution >= 4 is 12.0 Å². The lowest BCUT2D eigenvalue weighted by Gasteiger charge is -2.11. The molecule has 0 spiro atoms. The van der Waals surface area contributed by atoms with Crippen LogP contribution in [0.2, 0.25) is 0 Å². The van der Waals surface area contributed by atoms with Crippen LogP contribution in [0, 0.1) is 0 Å². The van der Waals surface area contributed by atoms with Gasteiger partial charge < -0.3 is 20.6 Å². The van der Waals surface area contributed by atoms with Gasteiger partial charge in [-0.25, -0.2) is 4.79 Å². The summed E-state index contributed by atoms with van der Waals surface area (Å²) in [5, 5.41) is 13.5. The zero-order valence-corrected chi connectivity index (χ0v) is 10.1. The topological polar surface area (TPSA) is 81.7 Å². The van der Waals surface area contributed by atoms with E-state index < -0.39 is 18.0 Å². The number of unbranched alkanes of at least 4 members (excludes halogenated alkanes) is 1. The van der Waals surface area contributed by atoms with Crippen molar-refractivity contribution in [3.63, 3.8) is 0 Å². The number of nitrogens with zero attached hydrogens (tertiary/aromatic N) is 1.